The second-order valence-electron chi connectivity index (χ2n) is 8.46. The van der Waals surface area contributed by atoms with E-state index in [2.05, 4.69) is 4.85 Å². The lowest BCUT2D eigenvalue weighted by molar-refractivity contribution is -0.123. The summed E-state index contributed by atoms with van der Waals surface area (Å²) in [6.45, 7) is 14.3. The average molecular weight is 534 g/mol. The van der Waals surface area contributed by atoms with Crippen LogP contribution >= 0.6 is 23.8 Å². The highest BCUT2D eigenvalue weighted by atomic mass is 35.5. The van der Waals surface area contributed by atoms with Crippen molar-refractivity contribution in [2.45, 2.75) is 44.6 Å². The van der Waals surface area contributed by atoms with Crippen molar-refractivity contribution in [1.82, 2.24) is 4.90 Å². The molecule has 2 aromatic rings. The third-order valence-electron chi connectivity index (χ3n) is 5.83. The van der Waals surface area contributed by atoms with Crippen molar-refractivity contribution in [1.29, 1.82) is 0 Å². The SMILES string of the molecule is [C-]#[N+]c1ccc(N2C(=O)C(C)(C)N(CCCOc3ccc(S(=O)(=O)C(C)=O)cc3)C2=S)c(C)c1Cl. The molecule has 1 fully saturated rings. The molecule has 0 N–H and O–H groups in total. The maximum absolute atomic E-state index is 13.3. The van der Waals surface area contributed by atoms with E-state index in [4.69, 9.17) is 35.1 Å². The van der Waals surface area contributed by atoms with Gasteiger partial charge in [-0.1, -0.05) is 17.7 Å². The number of amides is 1. The Labute approximate surface area is 215 Å². The van der Waals surface area contributed by atoms with Crippen molar-refractivity contribution >= 4 is 61.2 Å². The summed E-state index contributed by atoms with van der Waals surface area (Å²) < 4.78 is 29.5. The van der Waals surface area contributed by atoms with Crippen LogP contribution in [-0.2, 0) is 19.4 Å². The summed E-state index contributed by atoms with van der Waals surface area (Å²) in [5, 5.41) is -0.285. The molecule has 1 heterocycles. The van der Waals surface area contributed by atoms with Gasteiger partial charge in [-0.3, -0.25) is 14.5 Å². The minimum absolute atomic E-state index is 0.0834. The molecule has 2 aromatic carbocycles. The predicted octanol–water partition coefficient (Wildman–Crippen LogP) is 4.70. The number of sulfone groups is 1. The van der Waals surface area contributed by atoms with E-state index in [-0.39, 0.29) is 10.8 Å². The first-order valence-electron chi connectivity index (χ1n) is 10.6. The van der Waals surface area contributed by atoms with Crippen molar-refractivity contribution in [3.05, 3.63) is 58.4 Å². The van der Waals surface area contributed by atoms with Gasteiger partial charge in [0.15, 0.2) is 5.11 Å². The molecule has 0 radical (unpaired) electrons. The summed E-state index contributed by atoms with van der Waals surface area (Å²) in [7, 11) is -3.97. The first-order chi connectivity index (χ1) is 16.3. The number of carbonyl (C=O) groups is 2. The zero-order valence-electron chi connectivity index (χ0n) is 19.7. The summed E-state index contributed by atoms with van der Waals surface area (Å²) in [5.74, 6) is 0.263. The monoisotopic (exact) mass is 533 g/mol. The van der Waals surface area contributed by atoms with Gasteiger partial charge in [-0.2, -0.15) is 0 Å². The highest BCUT2D eigenvalue weighted by Crippen LogP contribution is 2.39. The summed E-state index contributed by atoms with van der Waals surface area (Å²) in [5.41, 5.74) is 0.569. The zero-order chi connectivity index (χ0) is 26.1. The topological polar surface area (TPSA) is 88.3 Å². The molecule has 3 rings (SSSR count). The van der Waals surface area contributed by atoms with Crippen LogP contribution in [0.25, 0.3) is 4.85 Å². The van der Waals surface area contributed by atoms with Crippen LogP contribution in [0.2, 0.25) is 5.02 Å². The van der Waals surface area contributed by atoms with Crippen LogP contribution in [0.4, 0.5) is 11.4 Å². The minimum Gasteiger partial charge on any atom is -0.494 e. The van der Waals surface area contributed by atoms with Gasteiger partial charge in [0.05, 0.1) is 28.8 Å². The summed E-state index contributed by atoms with van der Waals surface area (Å²) in [6.07, 6.45) is 0.536. The molecule has 184 valence electrons. The van der Waals surface area contributed by atoms with Crippen LogP contribution in [0.5, 0.6) is 5.75 Å². The molecule has 11 heteroatoms. The number of thiocarbonyl (C=S) groups is 1. The van der Waals surface area contributed by atoms with E-state index in [1.165, 1.54) is 29.2 Å². The highest BCUT2D eigenvalue weighted by Gasteiger charge is 2.49. The lowest BCUT2D eigenvalue weighted by atomic mass is 10.0. The summed E-state index contributed by atoms with van der Waals surface area (Å²) in [4.78, 5) is 31.2. The zero-order valence-corrected chi connectivity index (χ0v) is 22.1. The van der Waals surface area contributed by atoms with Crippen LogP contribution in [0.3, 0.4) is 0 Å². The standard InChI is InChI=1S/C24H24ClN3O5S2/c1-15-20(12-11-19(26-5)21(15)25)28-22(30)24(3,4)27(23(28)34)13-6-14-33-17-7-9-18(10-8-17)35(31,32)16(2)29/h7-12H,6,13-14H2,1-4H3. The number of carbonyl (C=O) groups excluding carboxylic acids is 2. The van der Waals surface area contributed by atoms with Crippen LogP contribution in [0, 0.1) is 13.5 Å². The number of hydrogen-bond acceptors (Lipinski definition) is 6. The Kier molecular flexibility index (Phi) is 7.55. The number of anilines is 1. The maximum atomic E-state index is 13.3. The molecule has 8 nitrogen and oxygen atoms in total. The van der Waals surface area contributed by atoms with Crippen LogP contribution < -0.4 is 9.64 Å². The van der Waals surface area contributed by atoms with Crippen LogP contribution in [0.15, 0.2) is 41.3 Å². The Morgan fingerprint density at radius 2 is 1.83 bits per heavy atom. The van der Waals surface area contributed by atoms with Crippen molar-refractivity contribution in [3.63, 3.8) is 0 Å². The van der Waals surface area contributed by atoms with Crippen molar-refractivity contribution < 1.29 is 22.7 Å². The van der Waals surface area contributed by atoms with E-state index in [1.807, 2.05) is 4.90 Å². The number of rotatable bonds is 7. The van der Waals surface area contributed by atoms with Crippen molar-refractivity contribution in [2.75, 3.05) is 18.1 Å². The average Bonchev–Trinajstić information content (AvgIpc) is 2.97. The normalized spacial score (nSPS) is 15.3. The fourth-order valence-electron chi connectivity index (χ4n) is 3.71. The molecule has 0 saturated carbocycles. The molecule has 1 aliphatic heterocycles. The van der Waals surface area contributed by atoms with Crippen molar-refractivity contribution in [3.8, 4) is 5.75 Å². The van der Waals surface area contributed by atoms with Gasteiger partial charge in [0.1, 0.15) is 11.3 Å². The summed E-state index contributed by atoms with van der Waals surface area (Å²) >= 11 is 12.0. The Morgan fingerprint density at radius 3 is 2.40 bits per heavy atom. The van der Waals surface area contributed by atoms with Gasteiger partial charge in [0.25, 0.3) is 5.91 Å². The van der Waals surface area contributed by atoms with Crippen LogP contribution in [-0.4, -0.2) is 48.1 Å². The molecule has 0 bridgehead atoms. The van der Waals surface area contributed by atoms with Gasteiger partial charge in [-0.25, -0.2) is 13.3 Å². The molecule has 1 aliphatic rings. The molecule has 0 spiro atoms. The molecule has 35 heavy (non-hydrogen) atoms. The van der Waals surface area contributed by atoms with E-state index in [9.17, 15) is 18.0 Å². The second kappa shape index (κ2) is 9.93. The minimum atomic E-state index is -3.97. The molecule has 0 aliphatic carbocycles. The fourth-order valence-corrected chi connectivity index (χ4v) is 5.24. The Morgan fingerprint density at radius 1 is 1.20 bits per heavy atom. The van der Waals surface area contributed by atoms with E-state index in [0.29, 0.717) is 52.4 Å². The van der Waals surface area contributed by atoms with Gasteiger partial charge in [0.2, 0.25) is 20.6 Å². The Balaban J connectivity index is 1.68. The Bertz CT molecular complexity index is 1350. The molecule has 1 amide bonds. The third kappa shape index (κ3) is 4.89. The van der Waals surface area contributed by atoms with E-state index in [0.717, 1.165) is 6.92 Å². The quantitative estimate of drug-likeness (QED) is 0.289. The molecule has 0 aromatic heterocycles. The predicted molar refractivity (Wildman–Crippen MR) is 138 cm³/mol. The molecular weight excluding hydrogens is 510 g/mol. The highest BCUT2D eigenvalue weighted by molar-refractivity contribution is 8.06. The van der Waals surface area contributed by atoms with Gasteiger partial charge in [-0.05, 0) is 75.3 Å². The van der Waals surface area contributed by atoms with Gasteiger partial charge < -0.3 is 9.64 Å². The molecule has 0 unspecified atom stereocenters. The Hall–Kier alpha value is -3.00. The van der Waals surface area contributed by atoms with E-state index in [1.54, 1.807) is 32.9 Å². The fraction of sp³-hybridized carbons (Fsp3) is 0.333. The first kappa shape index (κ1) is 26.6. The molecule has 1 saturated heterocycles. The first-order valence-corrected chi connectivity index (χ1v) is 12.9. The van der Waals surface area contributed by atoms with Gasteiger partial charge in [0, 0.05) is 13.5 Å². The molecular formula is C24H24ClN3O5S2. The smallest absolute Gasteiger partial charge is 0.258 e. The third-order valence-corrected chi connectivity index (χ3v) is 8.36. The lowest BCUT2D eigenvalue weighted by Crippen LogP contribution is -2.44. The maximum Gasteiger partial charge on any atom is 0.258 e. The van der Waals surface area contributed by atoms with E-state index < -0.39 is 20.5 Å². The van der Waals surface area contributed by atoms with Crippen LogP contribution in [0.1, 0.15) is 32.8 Å². The second-order valence-corrected chi connectivity index (χ2v) is 11.3. The number of nitrogens with zero attached hydrogens (tertiary/aromatic N) is 3. The number of ether oxygens (including phenoxy) is 1. The molecule has 0 atom stereocenters. The van der Waals surface area contributed by atoms with E-state index >= 15 is 0 Å². The van der Waals surface area contributed by atoms with Gasteiger partial charge >= 0.3 is 0 Å². The lowest BCUT2D eigenvalue weighted by Gasteiger charge is -2.29. The van der Waals surface area contributed by atoms with Gasteiger partial charge in [-0.15, -0.1) is 0 Å². The summed E-state index contributed by atoms with van der Waals surface area (Å²) in [6, 6.07) is 8.89. The largest absolute Gasteiger partial charge is 0.494 e. The number of halogens is 1. The number of hydrogen-bond donors (Lipinski definition) is 0. The van der Waals surface area contributed by atoms with Crippen molar-refractivity contribution in [2.24, 2.45) is 0 Å². The number of benzene rings is 2.